The third-order valence-corrected chi connectivity index (χ3v) is 2.44. The number of aliphatic hydroxyl groups excluding tert-OH is 2. The van der Waals surface area contributed by atoms with Crippen molar-refractivity contribution < 1.29 is 14.9 Å². The topological polar surface area (TPSA) is 52.9 Å². The summed E-state index contributed by atoms with van der Waals surface area (Å²) in [5, 5.41) is 17.6. The summed E-state index contributed by atoms with van der Waals surface area (Å²) in [5.74, 6) is 0. The molecule has 0 radical (unpaired) electrons. The van der Waals surface area contributed by atoms with Gasteiger partial charge in [-0.15, -0.1) is 0 Å². The molecule has 1 aliphatic heterocycles. The molecule has 4 nitrogen and oxygen atoms in total. The Morgan fingerprint density at radius 3 is 2.85 bits per heavy atom. The van der Waals surface area contributed by atoms with Crippen LogP contribution in [0.25, 0.3) is 0 Å². The summed E-state index contributed by atoms with van der Waals surface area (Å²) in [6, 6.07) is 0.398. The molecule has 1 heterocycles. The van der Waals surface area contributed by atoms with Crippen molar-refractivity contribution in [3.05, 3.63) is 0 Å². The molecule has 2 unspecified atom stereocenters. The van der Waals surface area contributed by atoms with Crippen LogP contribution in [0.15, 0.2) is 0 Å². The summed E-state index contributed by atoms with van der Waals surface area (Å²) in [4.78, 5) is 2.25. The summed E-state index contributed by atoms with van der Waals surface area (Å²) < 4.78 is 5.40. The van der Waals surface area contributed by atoms with Crippen LogP contribution in [-0.4, -0.2) is 60.2 Å². The van der Waals surface area contributed by atoms with Gasteiger partial charge in [-0.2, -0.15) is 0 Å². The molecule has 0 amide bonds. The first-order valence-electron chi connectivity index (χ1n) is 4.85. The molecule has 0 bridgehead atoms. The summed E-state index contributed by atoms with van der Waals surface area (Å²) >= 11 is 0. The van der Waals surface area contributed by atoms with E-state index in [-0.39, 0.29) is 19.3 Å². The van der Waals surface area contributed by atoms with Gasteiger partial charge in [0.15, 0.2) is 0 Å². The smallest absolute Gasteiger partial charge is 0.0933 e. The van der Waals surface area contributed by atoms with Gasteiger partial charge in [-0.25, -0.2) is 0 Å². The number of hydrogen-bond acceptors (Lipinski definition) is 4. The maximum Gasteiger partial charge on any atom is 0.0933 e. The standard InChI is InChI=1S/C9H19NO3/c1-8-7-13-9(6-12)5-10(8)3-2-4-11/h8-9,11-12H,2-7H2,1H3. The zero-order chi connectivity index (χ0) is 9.68. The highest BCUT2D eigenvalue weighted by Gasteiger charge is 2.24. The minimum absolute atomic E-state index is 0.0464. The molecular weight excluding hydrogens is 170 g/mol. The van der Waals surface area contributed by atoms with Gasteiger partial charge >= 0.3 is 0 Å². The number of ether oxygens (including phenoxy) is 1. The van der Waals surface area contributed by atoms with Gasteiger partial charge in [0.25, 0.3) is 0 Å². The molecule has 78 valence electrons. The SMILES string of the molecule is CC1COC(CO)CN1CCCO. The Bertz CT molecular complexity index is 143. The maximum atomic E-state index is 8.92. The number of aliphatic hydroxyl groups is 2. The number of morpholine rings is 1. The zero-order valence-electron chi connectivity index (χ0n) is 8.15. The number of rotatable bonds is 4. The van der Waals surface area contributed by atoms with Crippen LogP contribution < -0.4 is 0 Å². The highest BCUT2D eigenvalue weighted by Crippen LogP contribution is 2.11. The molecule has 0 spiro atoms. The number of hydrogen-bond donors (Lipinski definition) is 2. The van der Waals surface area contributed by atoms with Crippen molar-refractivity contribution in [3.63, 3.8) is 0 Å². The molecule has 1 rings (SSSR count). The molecule has 0 saturated carbocycles. The molecule has 0 aromatic heterocycles. The first-order valence-corrected chi connectivity index (χ1v) is 4.85. The van der Waals surface area contributed by atoms with Crippen molar-refractivity contribution in [2.45, 2.75) is 25.5 Å². The highest BCUT2D eigenvalue weighted by molar-refractivity contribution is 4.76. The van der Waals surface area contributed by atoms with E-state index in [1.807, 2.05) is 0 Å². The molecule has 0 aromatic carbocycles. The Morgan fingerprint density at radius 1 is 1.46 bits per heavy atom. The molecule has 1 fully saturated rings. The van der Waals surface area contributed by atoms with Gasteiger partial charge in [0.05, 0.1) is 19.3 Å². The van der Waals surface area contributed by atoms with Crippen LogP contribution in [0.5, 0.6) is 0 Å². The van der Waals surface area contributed by atoms with Gasteiger partial charge < -0.3 is 14.9 Å². The van der Waals surface area contributed by atoms with Gasteiger partial charge in [0.2, 0.25) is 0 Å². The molecule has 0 aliphatic carbocycles. The summed E-state index contributed by atoms with van der Waals surface area (Å²) in [6.07, 6.45) is 0.748. The average Bonchev–Trinajstić information content (AvgIpc) is 2.17. The lowest BCUT2D eigenvalue weighted by Gasteiger charge is -2.37. The monoisotopic (exact) mass is 189 g/mol. The van der Waals surface area contributed by atoms with E-state index < -0.39 is 0 Å². The minimum atomic E-state index is -0.0464. The van der Waals surface area contributed by atoms with Crippen LogP contribution >= 0.6 is 0 Å². The highest BCUT2D eigenvalue weighted by atomic mass is 16.5. The summed E-state index contributed by atoms with van der Waals surface area (Å²) in [7, 11) is 0. The van der Waals surface area contributed by atoms with Crippen LogP contribution in [-0.2, 0) is 4.74 Å². The van der Waals surface area contributed by atoms with Crippen LogP contribution in [0.1, 0.15) is 13.3 Å². The van der Waals surface area contributed by atoms with Gasteiger partial charge in [-0.3, -0.25) is 4.90 Å². The number of nitrogens with zero attached hydrogens (tertiary/aromatic N) is 1. The largest absolute Gasteiger partial charge is 0.396 e. The van der Waals surface area contributed by atoms with Crippen molar-refractivity contribution in [1.29, 1.82) is 0 Å². The van der Waals surface area contributed by atoms with Crippen molar-refractivity contribution in [1.82, 2.24) is 4.90 Å². The summed E-state index contributed by atoms with van der Waals surface area (Å²) in [6.45, 7) is 4.76. The van der Waals surface area contributed by atoms with Crippen LogP contribution in [0, 0.1) is 0 Å². The van der Waals surface area contributed by atoms with Crippen LogP contribution in [0.2, 0.25) is 0 Å². The molecule has 2 atom stereocenters. The lowest BCUT2D eigenvalue weighted by molar-refractivity contribution is -0.0785. The maximum absolute atomic E-state index is 8.92. The Morgan fingerprint density at radius 2 is 2.23 bits per heavy atom. The molecule has 1 aliphatic rings. The van der Waals surface area contributed by atoms with Crippen molar-refractivity contribution in [2.75, 3.05) is 32.9 Å². The van der Waals surface area contributed by atoms with E-state index in [0.29, 0.717) is 12.6 Å². The van der Waals surface area contributed by atoms with Gasteiger partial charge in [0, 0.05) is 25.7 Å². The Kier molecular flexibility index (Phi) is 4.66. The predicted molar refractivity (Wildman–Crippen MR) is 49.6 cm³/mol. The second-order valence-electron chi connectivity index (χ2n) is 3.56. The third kappa shape index (κ3) is 3.23. The van der Waals surface area contributed by atoms with E-state index in [2.05, 4.69) is 11.8 Å². The van der Waals surface area contributed by atoms with Crippen molar-refractivity contribution in [2.24, 2.45) is 0 Å². The van der Waals surface area contributed by atoms with Gasteiger partial charge in [-0.1, -0.05) is 0 Å². The molecule has 13 heavy (non-hydrogen) atoms. The first kappa shape index (κ1) is 10.9. The van der Waals surface area contributed by atoms with E-state index in [1.54, 1.807) is 0 Å². The molecule has 0 aromatic rings. The zero-order valence-corrected chi connectivity index (χ0v) is 8.15. The van der Waals surface area contributed by atoms with E-state index in [1.165, 1.54) is 0 Å². The molecular formula is C9H19NO3. The summed E-state index contributed by atoms with van der Waals surface area (Å²) in [5.41, 5.74) is 0. The quantitative estimate of drug-likeness (QED) is 0.623. The Labute approximate surface area is 79.1 Å². The van der Waals surface area contributed by atoms with E-state index in [4.69, 9.17) is 14.9 Å². The first-order chi connectivity index (χ1) is 6.27. The van der Waals surface area contributed by atoms with Crippen molar-refractivity contribution in [3.8, 4) is 0 Å². The third-order valence-electron chi connectivity index (χ3n) is 2.44. The minimum Gasteiger partial charge on any atom is -0.396 e. The Balaban J connectivity index is 2.31. The van der Waals surface area contributed by atoms with Gasteiger partial charge in [-0.05, 0) is 13.3 Å². The lowest BCUT2D eigenvalue weighted by atomic mass is 10.2. The average molecular weight is 189 g/mol. The molecule has 1 saturated heterocycles. The second kappa shape index (κ2) is 5.54. The van der Waals surface area contributed by atoms with E-state index in [9.17, 15) is 0 Å². The Hall–Kier alpha value is -0.160. The van der Waals surface area contributed by atoms with E-state index in [0.717, 1.165) is 19.5 Å². The molecule has 2 N–H and O–H groups in total. The fourth-order valence-electron chi connectivity index (χ4n) is 1.57. The molecule has 4 heteroatoms. The predicted octanol–water partition coefficient (Wildman–Crippen LogP) is -0.550. The fourth-order valence-corrected chi connectivity index (χ4v) is 1.57. The van der Waals surface area contributed by atoms with Crippen molar-refractivity contribution >= 4 is 0 Å². The van der Waals surface area contributed by atoms with Gasteiger partial charge in [0.1, 0.15) is 0 Å². The second-order valence-corrected chi connectivity index (χ2v) is 3.56. The normalized spacial score (nSPS) is 30.7. The fraction of sp³-hybridized carbons (Fsp3) is 1.00. The lowest BCUT2D eigenvalue weighted by Crippen LogP contribution is -2.49. The van der Waals surface area contributed by atoms with Crippen LogP contribution in [0.3, 0.4) is 0 Å². The van der Waals surface area contributed by atoms with E-state index >= 15 is 0 Å². The van der Waals surface area contributed by atoms with Crippen LogP contribution in [0.4, 0.5) is 0 Å².